The van der Waals surface area contributed by atoms with Crippen LogP contribution in [0, 0.1) is 0 Å². The van der Waals surface area contributed by atoms with Crippen molar-refractivity contribution < 1.29 is 65.9 Å². The highest BCUT2D eigenvalue weighted by Crippen LogP contribution is 2.29. The Morgan fingerprint density at radius 3 is 1.94 bits per heavy atom. The fraction of sp³-hybridized carbons (Fsp3) is 0.857. The van der Waals surface area contributed by atoms with Gasteiger partial charge in [-0.1, -0.05) is 84.5 Å². The van der Waals surface area contributed by atoms with E-state index in [0.717, 1.165) is 77.6 Å². The Bertz CT molecular complexity index is 1270. The first-order valence-electron chi connectivity index (χ1n) is 19.1. The van der Waals surface area contributed by atoms with Crippen molar-refractivity contribution in [1.29, 1.82) is 0 Å². The first-order valence-corrected chi connectivity index (χ1v) is 20.5. The van der Waals surface area contributed by atoms with E-state index < -0.39 is 102 Å². The van der Waals surface area contributed by atoms with Crippen LogP contribution in [0.1, 0.15) is 130 Å². The highest BCUT2D eigenvalue weighted by Gasteiger charge is 2.51. The lowest BCUT2D eigenvalue weighted by Crippen LogP contribution is -2.70. The molecule has 0 aliphatic carbocycles. The molecular formula is C35H64N4O14S. The molecule has 8 atom stereocenters. The van der Waals surface area contributed by atoms with E-state index in [2.05, 4.69) is 28.7 Å². The number of unbranched alkanes of at least 4 members (excludes halogenated alkanes) is 11. The minimum Gasteiger partial charge on any atom is -0.481 e. The molecule has 1 fully saturated rings. The molecular weight excluding hydrogens is 732 g/mol. The Morgan fingerprint density at radius 2 is 1.43 bits per heavy atom. The summed E-state index contributed by atoms with van der Waals surface area (Å²) in [6.07, 6.45) is 2.26. The maximum atomic E-state index is 14.0. The summed E-state index contributed by atoms with van der Waals surface area (Å²) < 4.78 is 48.7. The fourth-order valence-corrected chi connectivity index (χ4v) is 6.43. The average molecular weight is 797 g/mol. The number of hydrogen-bond acceptors (Lipinski definition) is 12. The molecule has 1 saturated heterocycles. The smallest absolute Gasteiger partial charge is 0.397 e. The summed E-state index contributed by atoms with van der Waals surface area (Å²) in [4.78, 5) is 64.9. The first-order chi connectivity index (χ1) is 25.4. The molecule has 54 heavy (non-hydrogen) atoms. The quantitative estimate of drug-likeness (QED) is 0.0422. The molecule has 18 nitrogen and oxygen atoms in total. The normalized spacial score (nSPS) is 21.8. The van der Waals surface area contributed by atoms with Gasteiger partial charge < -0.3 is 46.1 Å². The predicted molar refractivity (Wildman–Crippen MR) is 196 cm³/mol. The van der Waals surface area contributed by atoms with E-state index in [1.165, 1.54) is 11.8 Å². The third-order valence-corrected chi connectivity index (χ3v) is 9.53. The molecule has 1 aliphatic rings. The van der Waals surface area contributed by atoms with Gasteiger partial charge in [-0.2, -0.15) is 8.42 Å². The van der Waals surface area contributed by atoms with Gasteiger partial charge in [-0.05, 0) is 26.7 Å². The van der Waals surface area contributed by atoms with Crippen LogP contribution in [-0.2, 0) is 48.0 Å². The van der Waals surface area contributed by atoms with Crippen LogP contribution in [0.15, 0.2) is 0 Å². The molecule has 0 radical (unpaired) electrons. The molecule has 0 aromatic carbocycles. The van der Waals surface area contributed by atoms with Gasteiger partial charge in [-0.15, -0.1) is 0 Å². The number of nitrogens with zero attached hydrogens (tertiary/aromatic N) is 1. The van der Waals surface area contributed by atoms with Crippen molar-refractivity contribution in [2.24, 2.45) is 5.73 Å². The second-order valence-corrected chi connectivity index (χ2v) is 15.1. The molecule has 0 saturated carbocycles. The SMILES string of the molecule is CCCCCCCCCC(=O)N(CCCCCCCC)C1O[C@H](COS(=O)(=O)O)[C@@H](O)[C@H](OC(C)C(=O)O)[C@H]1NC(=O)CC(CC(=O)O)NC(=O)C(C)N. The second kappa shape index (κ2) is 26.0. The zero-order chi connectivity index (χ0) is 40.8. The van der Waals surface area contributed by atoms with Crippen LogP contribution >= 0.6 is 0 Å². The van der Waals surface area contributed by atoms with Gasteiger partial charge in [0, 0.05) is 25.4 Å². The molecule has 19 heteroatoms. The lowest BCUT2D eigenvalue weighted by atomic mass is 9.93. The summed E-state index contributed by atoms with van der Waals surface area (Å²) in [5.74, 6) is -4.75. The highest BCUT2D eigenvalue weighted by atomic mass is 32.3. The standard InChI is InChI=1S/C35H64N4O14S/c1-5-7-9-11-13-14-16-18-28(41)39(19-17-15-12-10-8-6-2)34-30(38-27(40)20-25(21-29(42)43)37-33(45)23(3)36)32(52-24(4)35(46)47)31(44)26(53-34)22-51-54(48,49)50/h23-26,30-32,34,44H,5-22,36H2,1-4H3,(H,37,45)(H,38,40)(H,42,43)(H,46,47)(H,48,49,50)/t23?,24?,25?,26-,30-,31-,32-,34?/m1/s1. The Labute approximate surface area is 319 Å². The van der Waals surface area contributed by atoms with Crippen LogP contribution in [0.2, 0.25) is 0 Å². The molecule has 3 amide bonds. The monoisotopic (exact) mass is 796 g/mol. The number of carbonyl (C=O) groups excluding carboxylic acids is 3. The number of rotatable bonds is 29. The predicted octanol–water partition coefficient (Wildman–Crippen LogP) is 2.26. The Kier molecular flexibility index (Phi) is 23.6. The molecule has 1 rings (SSSR count). The number of aliphatic carboxylic acids is 2. The zero-order valence-electron chi connectivity index (χ0n) is 32.2. The Hall–Kier alpha value is -2.94. The van der Waals surface area contributed by atoms with Crippen molar-refractivity contribution in [1.82, 2.24) is 15.5 Å². The fourth-order valence-electron chi connectivity index (χ4n) is 6.12. The topological polar surface area (TPSA) is 281 Å². The van der Waals surface area contributed by atoms with Gasteiger partial charge >= 0.3 is 22.3 Å². The lowest BCUT2D eigenvalue weighted by molar-refractivity contribution is -0.246. The summed E-state index contributed by atoms with van der Waals surface area (Å²) in [7, 11) is -5.04. The number of aliphatic hydroxyl groups excluding tert-OH is 1. The van der Waals surface area contributed by atoms with Gasteiger partial charge in [0.05, 0.1) is 19.1 Å². The largest absolute Gasteiger partial charge is 0.481 e. The van der Waals surface area contributed by atoms with Crippen LogP contribution in [-0.4, -0.2) is 125 Å². The van der Waals surface area contributed by atoms with Gasteiger partial charge in [0.25, 0.3) is 0 Å². The molecule has 0 aromatic rings. The molecule has 8 N–H and O–H groups in total. The molecule has 1 aliphatic heterocycles. The van der Waals surface area contributed by atoms with Crippen LogP contribution in [0.4, 0.5) is 0 Å². The summed E-state index contributed by atoms with van der Waals surface area (Å²) in [5.41, 5.74) is 5.62. The molecule has 0 spiro atoms. The highest BCUT2D eigenvalue weighted by molar-refractivity contribution is 7.80. The van der Waals surface area contributed by atoms with Crippen molar-refractivity contribution >= 4 is 40.1 Å². The number of hydrogen-bond donors (Lipinski definition) is 7. The average Bonchev–Trinajstić information content (AvgIpc) is 3.08. The Morgan fingerprint density at radius 1 is 0.870 bits per heavy atom. The minimum absolute atomic E-state index is 0.0833. The Balaban J connectivity index is 3.63. The van der Waals surface area contributed by atoms with E-state index in [9.17, 15) is 52.3 Å². The van der Waals surface area contributed by atoms with Gasteiger partial charge in [0.15, 0.2) is 12.3 Å². The summed E-state index contributed by atoms with van der Waals surface area (Å²) >= 11 is 0. The molecule has 0 aromatic heterocycles. The van der Waals surface area contributed by atoms with E-state index >= 15 is 0 Å². The molecule has 4 unspecified atom stereocenters. The van der Waals surface area contributed by atoms with E-state index in [4.69, 9.17) is 15.2 Å². The number of carbonyl (C=O) groups is 5. The number of amides is 3. The number of carboxylic acid groups (broad SMARTS) is 2. The van der Waals surface area contributed by atoms with E-state index in [1.54, 1.807) is 0 Å². The van der Waals surface area contributed by atoms with Crippen molar-refractivity contribution in [2.45, 2.75) is 179 Å². The summed E-state index contributed by atoms with van der Waals surface area (Å²) in [6, 6.07) is -3.75. The van der Waals surface area contributed by atoms with Gasteiger partial charge in [0.2, 0.25) is 17.7 Å². The maximum Gasteiger partial charge on any atom is 0.397 e. The summed E-state index contributed by atoms with van der Waals surface area (Å²) in [6.45, 7) is 5.87. The number of ether oxygens (including phenoxy) is 2. The molecule has 1 heterocycles. The van der Waals surface area contributed by atoms with Crippen molar-refractivity contribution in [2.75, 3.05) is 13.2 Å². The van der Waals surface area contributed by atoms with Crippen LogP contribution in [0.25, 0.3) is 0 Å². The zero-order valence-corrected chi connectivity index (χ0v) is 33.0. The van der Waals surface area contributed by atoms with E-state index in [0.29, 0.717) is 12.8 Å². The van der Waals surface area contributed by atoms with Gasteiger partial charge in [0.1, 0.15) is 24.4 Å². The first kappa shape index (κ1) is 49.1. The summed E-state index contributed by atoms with van der Waals surface area (Å²) in [5, 5.41) is 35.6. The van der Waals surface area contributed by atoms with Crippen molar-refractivity contribution in [3.05, 3.63) is 0 Å². The third-order valence-electron chi connectivity index (χ3n) is 9.10. The number of nitrogens with two attached hydrogens (primary N) is 1. The number of aliphatic hydroxyl groups is 1. The van der Waals surface area contributed by atoms with E-state index in [-0.39, 0.29) is 18.9 Å². The molecule has 314 valence electrons. The van der Waals surface area contributed by atoms with E-state index in [1.807, 2.05) is 0 Å². The number of carboxylic acids is 2. The van der Waals surface area contributed by atoms with Crippen molar-refractivity contribution in [3.8, 4) is 0 Å². The minimum atomic E-state index is -5.04. The number of nitrogens with one attached hydrogen (secondary N) is 2. The van der Waals surface area contributed by atoms with Gasteiger partial charge in [-0.3, -0.25) is 23.7 Å². The van der Waals surface area contributed by atoms with Gasteiger partial charge in [-0.25, -0.2) is 8.98 Å². The maximum absolute atomic E-state index is 14.0. The van der Waals surface area contributed by atoms with Crippen LogP contribution in [0.3, 0.4) is 0 Å². The lowest BCUT2D eigenvalue weighted by Gasteiger charge is -2.48. The van der Waals surface area contributed by atoms with Crippen LogP contribution < -0.4 is 16.4 Å². The molecule has 0 bridgehead atoms. The van der Waals surface area contributed by atoms with Crippen molar-refractivity contribution in [3.63, 3.8) is 0 Å². The van der Waals surface area contributed by atoms with Crippen LogP contribution in [0.5, 0.6) is 0 Å². The second-order valence-electron chi connectivity index (χ2n) is 14.0. The third kappa shape index (κ3) is 19.6.